The van der Waals surface area contributed by atoms with Gasteiger partial charge in [0.25, 0.3) is 0 Å². The van der Waals surface area contributed by atoms with Gasteiger partial charge in [-0.1, -0.05) is 12.1 Å². The monoisotopic (exact) mass is 330 g/mol. The van der Waals surface area contributed by atoms with Crippen molar-refractivity contribution in [3.63, 3.8) is 0 Å². The van der Waals surface area contributed by atoms with E-state index in [-0.39, 0.29) is 0 Å². The summed E-state index contributed by atoms with van der Waals surface area (Å²) in [5.41, 5.74) is 1.11. The third-order valence-electron chi connectivity index (χ3n) is 4.90. The number of hydrogen-bond acceptors (Lipinski definition) is 3. The maximum Gasteiger partial charge on any atom is 0.191 e. The Morgan fingerprint density at radius 3 is 2.92 bits per heavy atom. The largest absolute Gasteiger partial charge is 0.508 e. The van der Waals surface area contributed by atoms with Crippen molar-refractivity contribution in [1.82, 2.24) is 15.5 Å². The molecule has 132 valence electrons. The number of likely N-dealkylation sites (tertiary alicyclic amines) is 1. The predicted octanol–water partition coefficient (Wildman–Crippen LogP) is 2.12. The highest BCUT2D eigenvalue weighted by molar-refractivity contribution is 5.80. The van der Waals surface area contributed by atoms with E-state index in [4.69, 9.17) is 4.99 Å². The second-order valence-corrected chi connectivity index (χ2v) is 7.03. The molecule has 3 rings (SSSR count). The lowest BCUT2D eigenvalue weighted by Crippen LogP contribution is -2.44. The smallest absolute Gasteiger partial charge is 0.191 e. The zero-order chi connectivity index (χ0) is 16.9. The first-order valence-electron chi connectivity index (χ1n) is 9.24. The average molecular weight is 330 g/mol. The molecule has 1 aliphatic carbocycles. The fourth-order valence-electron chi connectivity index (χ4n) is 3.60. The predicted molar refractivity (Wildman–Crippen MR) is 98.5 cm³/mol. The maximum absolute atomic E-state index is 9.53. The van der Waals surface area contributed by atoms with Crippen molar-refractivity contribution in [2.75, 3.05) is 19.6 Å². The van der Waals surface area contributed by atoms with Gasteiger partial charge in [0.05, 0.1) is 0 Å². The van der Waals surface area contributed by atoms with Crippen molar-refractivity contribution >= 4 is 5.96 Å². The topological polar surface area (TPSA) is 59.9 Å². The number of guanidine groups is 1. The number of aliphatic imine (C=N–C) groups is 1. The molecule has 1 aromatic carbocycles. The number of phenols is 1. The number of hydrogen-bond donors (Lipinski definition) is 3. The zero-order valence-electron chi connectivity index (χ0n) is 14.8. The van der Waals surface area contributed by atoms with Crippen LogP contribution in [0.15, 0.2) is 29.3 Å². The summed E-state index contributed by atoms with van der Waals surface area (Å²) in [7, 11) is 0. The molecule has 1 aromatic rings. The molecule has 0 radical (unpaired) electrons. The normalized spacial score (nSPS) is 25.0. The first-order chi connectivity index (χ1) is 11.7. The van der Waals surface area contributed by atoms with Crippen LogP contribution in [0.4, 0.5) is 0 Å². The van der Waals surface area contributed by atoms with E-state index in [0.29, 0.717) is 24.4 Å². The first kappa shape index (κ1) is 17.1. The van der Waals surface area contributed by atoms with Gasteiger partial charge in [0, 0.05) is 37.8 Å². The van der Waals surface area contributed by atoms with Gasteiger partial charge in [-0.3, -0.25) is 9.89 Å². The maximum atomic E-state index is 9.53. The summed E-state index contributed by atoms with van der Waals surface area (Å²) in [6.07, 6.45) is 4.76. The van der Waals surface area contributed by atoms with E-state index in [1.54, 1.807) is 6.07 Å². The molecule has 2 atom stereocenters. The van der Waals surface area contributed by atoms with Gasteiger partial charge in [0.15, 0.2) is 5.96 Å². The second-order valence-electron chi connectivity index (χ2n) is 7.03. The fourth-order valence-corrected chi connectivity index (χ4v) is 3.60. The molecular weight excluding hydrogens is 300 g/mol. The van der Waals surface area contributed by atoms with Gasteiger partial charge in [0.2, 0.25) is 0 Å². The molecule has 2 aliphatic rings. The van der Waals surface area contributed by atoms with Gasteiger partial charge >= 0.3 is 0 Å². The summed E-state index contributed by atoms with van der Waals surface area (Å²) < 4.78 is 0. The number of benzene rings is 1. The lowest BCUT2D eigenvalue weighted by Gasteiger charge is -2.20. The van der Waals surface area contributed by atoms with E-state index >= 15 is 0 Å². The van der Waals surface area contributed by atoms with Crippen molar-refractivity contribution < 1.29 is 5.11 Å². The highest BCUT2D eigenvalue weighted by atomic mass is 16.3. The van der Waals surface area contributed by atoms with E-state index in [2.05, 4.69) is 29.4 Å². The third-order valence-corrected chi connectivity index (χ3v) is 4.90. The van der Waals surface area contributed by atoms with Crippen LogP contribution in [0.1, 0.15) is 38.7 Å². The third kappa shape index (κ3) is 4.63. The Labute approximate surface area is 145 Å². The summed E-state index contributed by atoms with van der Waals surface area (Å²) in [5, 5.41) is 16.5. The second kappa shape index (κ2) is 7.88. The Morgan fingerprint density at radius 2 is 2.21 bits per heavy atom. The van der Waals surface area contributed by atoms with Crippen LogP contribution in [0.25, 0.3) is 0 Å². The van der Waals surface area contributed by atoms with Gasteiger partial charge < -0.3 is 15.7 Å². The van der Waals surface area contributed by atoms with Gasteiger partial charge in [-0.15, -0.1) is 0 Å². The number of aromatic hydroxyl groups is 1. The Hall–Kier alpha value is -1.75. The van der Waals surface area contributed by atoms with E-state index < -0.39 is 0 Å². The standard InChI is InChI=1S/C19H30N4O/c1-3-20-19(21-10-9-15-5-4-6-18(24)12-15)22-16-11-14(2)23(13-16)17-7-8-17/h4-6,12,14,16-17,24H,3,7-11,13H2,1-2H3,(H2,20,21,22). The number of nitrogens with one attached hydrogen (secondary N) is 2. The molecule has 0 bridgehead atoms. The lowest BCUT2D eigenvalue weighted by atomic mass is 10.1. The summed E-state index contributed by atoms with van der Waals surface area (Å²) in [6.45, 7) is 7.15. The zero-order valence-corrected chi connectivity index (χ0v) is 14.8. The Bertz CT molecular complexity index is 570. The fraction of sp³-hybridized carbons (Fsp3) is 0.632. The number of rotatable bonds is 6. The Balaban J connectivity index is 1.52. The number of phenolic OH excluding ortho intramolecular Hbond substituents is 1. The van der Waals surface area contributed by atoms with Crippen LogP contribution in [-0.2, 0) is 6.42 Å². The van der Waals surface area contributed by atoms with Crippen LogP contribution in [0, 0.1) is 0 Å². The van der Waals surface area contributed by atoms with Crippen molar-refractivity contribution in [1.29, 1.82) is 0 Å². The highest BCUT2D eigenvalue weighted by Gasteiger charge is 2.38. The van der Waals surface area contributed by atoms with Crippen LogP contribution < -0.4 is 10.6 Å². The van der Waals surface area contributed by atoms with Crippen molar-refractivity contribution in [2.45, 2.75) is 57.7 Å². The Morgan fingerprint density at radius 1 is 1.38 bits per heavy atom. The van der Waals surface area contributed by atoms with Crippen molar-refractivity contribution in [3.8, 4) is 5.75 Å². The van der Waals surface area contributed by atoms with E-state index in [0.717, 1.165) is 37.1 Å². The minimum atomic E-state index is 0.321. The van der Waals surface area contributed by atoms with E-state index in [1.807, 2.05) is 18.2 Å². The molecule has 24 heavy (non-hydrogen) atoms. The molecule has 5 nitrogen and oxygen atoms in total. The molecule has 2 unspecified atom stereocenters. The highest BCUT2D eigenvalue weighted by Crippen LogP contribution is 2.33. The number of nitrogens with zero attached hydrogens (tertiary/aromatic N) is 2. The minimum absolute atomic E-state index is 0.321. The van der Waals surface area contributed by atoms with Crippen LogP contribution in [0.2, 0.25) is 0 Å². The minimum Gasteiger partial charge on any atom is -0.508 e. The van der Waals surface area contributed by atoms with Gasteiger partial charge in [0.1, 0.15) is 5.75 Å². The van der Waals surface area contributed by atoms with Gasteiger partial charge in [-0.05, 0) is 57.2 Å². The average Bonchev–Trinajstić information content (AvgIpc) is 3.31. The van der Waals surface area contributed by atoms with E-state index in [1.165, 1.54) is 19.3 Å². The summed E-state index contributed by atoms with van der Waals surface area (Å²) in [6, 6.07) is 9.40. The molecule has 1 heterocycles. The molecule has 0 spiro atoms. The van der Waals surface area contributed by atoms with Gasteiger partial charge in [-0.25, -0.2) is 0 Å². The van der Waals surface area contributed by atoms with Crippen molar-refractivity contribution in [2.24, 2.45) is 4.99 Å². The van der Waals surface area contributed by atoms with Crippen LogP contribution in [-0.4, -0.2) is 53.7 Å². The quantitative estimate of drug-likeness (QED) is 0.552. The summed E-state index contributed by atoms with van der Waals surface area (Å²) in [4.78, 5) is 7.35. The molecule has 1 saturated heterocycles. The van der Waals surface area contributed by atoms with Crippen molar-refractivity contribution in [3.05, 3.63) is 29.8 Å². The molecule has 2 fully saturated rings. The Kier molecular flexibility index (Phi) is 5.61. The molecule has 5 heteroatoms. The molecule has 0 aromatic heterocycles. The molecule has 1 saturated carbocycles. The summed E-state index contributed by atoms with van der Waals surface area (Å²) >= 11 is 0. The van der Waals surface area contributed by atoms with Gasteiger partial charge in [-0.2, -0.15) is 0 Å². The molecule has 1 aliphatic heterocycles. The molecule has 0 amide bonds. The van der Waals surface area contributed by atoms with Crippen LogP contribution >= 0.6 is 0 Å². The SMILES string of the molecule is CCNC(=NCCc1cccc(O)c1)NC1CC(C)N(C2CC2)C1. The summed E-state index contributed by atoms with van der Waals surface area (Å²) in [5.74, 6) is 1.23. The molecular formula is C19H30N4O. The van der Waals surface area contributed by atoms with E-state index in [9.17, 15) is 5.11 Å². The lowest BCUT2D eigenvalue weighted by molar-refractivity contribution is 0.256. The van der Waals surface area contributed by atoms with Crippen LogP contribution in [0.3, 0.4) is 0 Å². The first-order valence-corrected chi connectivity index (χ1v) is 9.24. The van der Waals surface area contributed by atoms with Crippen LogP contribution in [0.5, 0.6) is 5.75 Å². The molecule has 3 N–H and O–H groups in total.